The van der Waals surface area contributed by atoms with Gasteiger partial charge in [0.15, 0.2) is 5.78 Å². The maximum atomic E-state index is 12.0. The van der Waals surface area contributed by atoms with Crippen LogP contribution in [0.2, 0.25) is 0 Å². The maximum absolute atomic E-state index is 12.0. The highest BCUT2D eigenvalue weighted by Gasteiger charge is 2.13. The fraction of sp³-hybridized carbons (Fsp3) is 0.455. The van der Waals surface area contributed by atoms with Crippen LogP contribution in [0.1, 0.15) is 22.5 Å². The zero-order valence-electron chi connectivity index (χ0n) is 10.2. The summed E-state index contributed by atoms with van der Waals surface area (Å²) < 4.78 is 1.59. The van der Waals surface area contributed by atoms with Crippen molar-refractivity contribution in [2.45, 2.75) is 13.3 Å². The molecular formula is C11H15N5O. The van der Waals surface area contributed by atoms with Gasteiger partial charge in [0.1, 0.15) is 6.33 Å². The first-order valence-corrected chi connectivity index (χ1v) is 5.43. The Hall–Kier alpha value is -1.82. The van der Waals surface area contributed by atoms with Gasteiger partial charge in [0, 0.05) is 19.2 Å². The molecular weight excluding hydrogens is 218 g/mol. The topological polar surface area (TPSA) is 63.4 Å². The lowest BCUT2D eigenvalue weighted by Crippen LogP contribution is -2.18. The smallest absolute Gasteiger partial charge is 0.252 e. The molecule has 0 spiro atoms. The van der Waals surface area contributed by atoms with E-state index in [-0.39, 0.29) is 5.78 Å². The molecule has 6 heteroatoms. The predicted molar refractivity (Wildman–Crippen MR) is 63.0 cm³/mol. The van der Waals surface area contributed by atoms with E-state index in [1.807, 2.05) is 25.9 Å². The molecule has 2 aromatic rings. The quantitative estimate of drug-likeness (QED) is 0.722. The first-order chi connectivity index (χ1) is 8.09. The zero-order chi connectivity index (χ0) is 12.4. The molecule has 2 heterocycles. The van der Waals surface area contributed by atoms with Crippen LogP contribution in [-0.4, -0.2) is 50.9 Å². The number of hydrogen-bond acceptors (Lipinski definition) is 5. The van der Waals surface area contributed by atoms with Crippen molar-refractivity contribution in [1.29, 1.82) is 0 Å². The molecule has 0 aliphatic rings. The number of aryl methyl sites for hydroxylation is 1. The van der Waals surface area contributed by atoms with Gasteiger partial charge >= 0.3 is 0 Å². The molecule has 0 atom stereocenters. The van der Waals surface area contributed by atoms with Gasteiger partial charge in [0.05, 0.1) is 11.3 Å². The van der Waals surface area contributed by atoms with Crippen molar-refractivity contribution in [3.05, 3.63) is 23.8 Å². The van der Waals surface area contributed by atoms with Crippen LogP contribution in [-0.2, 0) is 0 Å². The van der Waals surface area contributed by atoms with Crippen molar-refractivity contribution in [2.75, 3.05) is 20.6 Å². The highest BCUT2D eigenvalue weighted by Crippen LogP contribution is 2.10. The van der Waals surface area contributed by atoms with E-state index >= 15 is 0 Å². The summed E-state index contributed by atoms with van der Waals surface area (Å²) in [5, 5.41) is 4.04. The Morgan fingerprint density at radius 2 is 2.18 bits per heavy atom. The van der Waals surface area contributed by atoms with Gasteiger partial charge in [0.2, 0.25) is 0 Å². The number of ketones is 1. The fourth-order valence-electron chi connectivity index (χ4n) is 1.62. The molecule has 17 heavy (non-hydrogen) atoms. The molecule has 2 rings (SSSR count). The molecule has 6 nitrogen and oxygen atoms in total. The normalized spacial score (nSPS) is 11.3. The molecule has 0 unspecified atom stereocenters. The van der Waals surface area contributed by atoms with Crippen molar-refractivity contribution in [3.63, 3.8) is 0 Å². The number of fused-ring (bicyclic) bond motifs is 1. The summed E-state index contributed by atoms with van der Waals surface area (Å²) in [7, 11) is 3.89. The lowest BCUT2D eigenvalue weighted by Gasteiger charge is -2.09. The molecule has 2 aromatic heterocycles. The number of carbonyl (C=O) groups excluding carboxylic acids is 1. The Balaban J connectivity index is 2.29. The number of aromatic nitrogens is 4. The van der Waals surface area contributed by atoms with E-state index in [1.54, 1.807) is 10.7 Å². The van der Waals surface area contributed by atoms with E-state index in [0.29, 0.717) is 17.8 Å². The Morgan fingerprint density at radius 3 is 2.88 bits per heavy atom. The summed E-state index contributed by atoms with van der Waals surface area (Å²) in [5.41, 5.74) is 1.40. The van der Waals surface area contributed by atoms with Crippen LogP contribution in [0.25, 0.3) is 5.78 Å². The van der Waals surface area contributed by atoms with Crippen LogP contribution < -0.4 is 0 Å². The summed E-state index contributed by atoms with van der Waals surface area (Å²) in [4.78, 5) is 22.1. The molecule has 0 aromatic carbocycles. The molecule has 0 aliphatic heterocycles. The maximum Gasteiger partial charge on any atom is 0.252 e. The molecule has 0 saturated heterocycles. The standard InChI is InChI=1S/C11H15N5O/c1-8-9(10(17)4-5-15(2)3)6-12-11-13-7-14-16(8)11/h6-7H,4-5H2,1-3H3. The molecule has 0 amide bonds. The summed E-state index contributed by atoms with van der Waals surface area (Å²) >= 11 is 0. The van der Waals surface area contributed by atoms with Gasteiger partial charge in [-0.25, -0.2) is 9.50 Å². The molecule has 0 radical (unpaired) electrons. The highest BCUT2D eigenvalue weighted by molar-refractivity contribution is 5.97. The number of carbonyl (C=O) groups is 1. The molecule has 0 N–H and O–H groups in total. The first-order valence-electron chi connectivity index (χ1n) is 5.43. The van der Waals surface area contributed by atoms with Crippen LogP contribution in [0.5, 0.6) is 0 Å². The summed E-state index contributed by atoms with van der Waals surface area (Å²) in [5.74, 6) is 0.604. The lowest BCUT2D eigenvalue weighted by molar-refractivity contribution is 0.0971. The predicted octanol–water partition coefficient (Wildman–Crippen LogP) is 0.567. The Kier molecular flexibility index (Phi) is 3.14. The van der Waals surface area contributed by atoms with Gasteiger partial charge in [-0.15, -0.1) is 0 Å². The van der Waals surface area contributed by atoms with Crippen molar-refractivity contribution in [1.82, 2.24) is 24.5 Å². The van der Waals surface area contributed by atoms with Crippen molar-refractivity contribution in [2.24, 2.45) is 0 Å². The van der Waals surface area contributed by atoms with Crippen LogP contribution in [0, 0.1) is 6.92 Å². The van der Waals surface area contributed by atoms with Gasteiger partial charge in [-0.3, -0.25) is 4.79 Å². The van der Waals surface area contributed by atoms with E-state index in [0.717, 1.165) is 12.2 Å². The lowest BCUT2D eigenvalue weighted by atomic mass is 10.1. The van der Waals surface area contributed by atoms with Gasteiger partial charge in [0.25, 0.3) is 5.78 Å². The van der Waals surface area contributed by atoms with E-state index in [4.69, 9.17) is 0 Å². The third-order valence-electron chi connectivity index (χ3n) is 2.63. The van der Waals surface area contributed by atoms with E-state index in [1.165, 1.54) is 6.33 Å². The van der Waals surface area contributed by atoms with E-state index < -0.39 is 0 Å². The monoisotopic (exact) mass is 233 g/mol. The Bertz CT molecular complexity index is 546. The molecule has 0 saturated carbocycles. The molecule has 0 aliphatic carbocycles. The highest BCUT2D eigenvalue weighted by atomic mass is 16.1. The number of hydrogen-bond donors (Lipinski definition) is 0. The van der Waals surface area contributed by atoms with Crippen LogP contribution in [0.4, 0.5) is 0 Å². The minimum atomic E-state index is 0.0844. The average Bonchev–Trinajstić information content (AvgIpc) is 2.75. The zero-order valence-corrected chi connectivity index (χ0v) is 10.2. The van der Waals surface area contributed by atoms with Gasteiger partial charge in [-0.05, 0) is 21.0 Å². The molecule has 0 fully saturated rings. The third-order valence-corrected chi connectivity index (χ3v) is 2.63. The third kappa shape index (κ3) is 2.31. The minimum Gasteiger partial charge on any atom is -0.309 e. The van der Waals surface area contributed by atoms with Crippen molar-refractivity contribution < 1.29 is 4.79 Å². The van der Waals surface area contributed by atoms with Crippen molar-refractivity contribution >= 4 is 11.6 Å². The number of nitrogens with zero attached hydrogens (tertiary/aromatic N) is 5. The second-order valence-corrected chi connectivity index (χ2v) is 4.21. The Labute approximate surface area is 99.3 Å². The SMILES string of the molecule is Cc1c(C(=O)CCN(C)C)cnc2ncnn12. The van der Waals surface area contributed by atoms with Gasteiger partial charge in [-0.2, -0.15) is 10.1 Å². The van der Waals surface area contributed by atoms with Crippen LogP contribution in [0.3, 0.4) is 0 Å². The second-order valence-electron chi connectivity index (χ2n) is 4.21. The molecule has 0 bridgehead atoms. The Morgan fingerprint density at radius 1 is 1.41 bits per heavy atom. The number of Topliss-reactive ketones (excluding diaryl/α,β-unsaturated/α-hetero) is 1. The summed E-state index contributed by atoms with van der Waals surface area (Å²) in [6, 6.07) is 0. The number of rotatable bonds is 4. The van der Waals surface area contributed by atoms with Crippen LogP contribution >= 0.6 is 0 Å². The van der Waals surface area contributed by atoms with Gasteiger partial charge in [-0.1, -0.05) is 0 Å². The molecule has 90 valence electrons. The first kappa shape index (κ1) is 11.7. The largest absolute Gasteiger partial charge is 0.309 e. The van der Waals surface area contributed by atoms with Gasteiger partial charge < -0.3 is 4.90 Å². The van der Waals surface area contributed by atoms with Crippen LogP contribution in [0.15, 0.2) is 12.5 Å². The minimum absolute atomic E-state index is 0.0844. The summed E-state index contributed by atoms with van der Waals surface area (Å²) in [6.07, 6.45) is 3.50. The summed E-state index contributed by atoms with van der Waals surface area (Å²) in [6.45, 7) is 2.58. The fourth-order valence-corrected chi connectivity index (χ4v) is 1.62. The van der Waals surface area contributed by atoms with E-state index in [2.05, 4.69) is 15.1 Å². The second kappa shape index (κ2) is 4.58. The average molecular weight is 233 g/mol. The van der Waals surface area contributed by atoms with Crippen molar-refractivity contribution in [3.8, 4) is 0 Å². The van der Waals surface area contributed by atoms with E-state index in [9.17, 15) is 4.79 Å².